The predicted octanol–water partition coefficient (Wildman–Crippen LogP) is 5.36. The highest BCUT2D eigenvalue weighted by atomic mass is 16.7. The molecule has 2 heterocycles. The van der Waals surface area contributed by atoms with Gasteiger partial charge in [0.1, 0.15) is 30.2 Å². The maximum absolute atomic E-state index is 14.1. The summed E-state index contributed by atoms with van der Waals surface area (Å²) < 4.78 is 19.6. The van der Waals surface area contributed by atoms with Crippen LogP contribution < -0.4 is 20.7 Å². The number of imide groups is 1. The lowest BCUT2D eigenvalue weighted by atomic mass is 9.41. The van der Waals surface area contributed by atoms with Crippen molar-refractivity contribution >= 4 is 41.0 Å². The van der Waals surface area contributed by atoms with Crippen molar-refractivity contribution in [1.29, 1.82) is 0 Å². The second-order valence-corrected chi connectivity index (χ2v) is 19.8. The summed E-state index contributed by atoms with van der Waals surface area (Å²) in [6, 6.07) is 11.9. The maximum atomic E-state index is 14.1. The molecule has 15 heteroatoms. The summed E-state index contributed by atoms with van der Waals surface area (Å²) in [5.41, 5.74) is 0.290. The van der Waals surface area contributed by atoms with E-state index in [4.69, 9.17) is 14.2 Å². The highest BCUT2D eigenvalue weighted by Crippen LogP contribution is 2.75. The molecule has 1 saturated heterocycles. The molecule has 350 valence electrons. The van der Waals surface area contributed by atoms with Crippen molar-refractivity contribution in [3.8, 4) is 11.5 Å². The molecule has 2 aliphatic heterocycles. The first-order chi connectivity index (χ1) is 31.2. The Labute approximate surface area is 384 Å². The van der Waals surface area contributed by atoms with Crippen LogP contribution in [-0.2, 0) is 38.2 Å². The Balaban J connectivity index is 0.868. The summed E-state index contributed by atoms with van der Waals surface area (Å²) in [6.07, 6.45) is 8.83. The first-order valence-corrected chi connectivity index (χ1v) is 22.8. The van der Waals surface area contributed by atoms with Crippen molar-refractivity contribution in [3.63, 3.8) is 0 Å². The van der Waals surface area contributed by atoms with Crippen LogP contribution in [0.5, 0.6) is 11.5 Å². The normalized spacial score (nSPS) is 32.7. The number of hydrogen-bond acceptors (Lipinski definition) is 11. The Kier molecular flexibility index (Phi) is 12.4. The molecule has 0 radical (unpaired) electrons. The molecule has 6 aliphatic rings. The largest absolute Gasteiger partial charge is 0.457 e. The lowest BCUT2D eigenvalue weighted by Gasteiger charge is -2.64. The molecule has 0 bridgehead atoms. The Hall–Kier alpha value is -5.74. The Morgan fingerprint density at radius 2 is 1.56 bits per heavy atom. The molecule has 4 fully saturated rings. The van der Waals surface area contributed by atoms with Crippen LogP contribution in [0.1, 0.15) is 85.5 Å². The van der Waals surface area contributed by atoms with Gasteiger partial charge in [0.15, 0.2) is 17.7 Å². The number of anilines is 1. The number of carbonyl (C=O) groups is 6. The number of Topliss-reactive ketones (excluding diaryl/α,β-unsaturated/α-hetero) is 1. The van der Waals surface area contributed by atoms with E-state index in [1.54, 1.807) is 62.4 Å². The number of nitrogens with zero attached hydrogens (tertiary/aromatic N) is 1. The molecule has 2 aromatic carbocycles. The average Bonchev–Trinajstić information content (AvgIpc) is 3.88. The van der Waals surface area contributed by atoms with E-state index in [9.17, 15) is 39.0 Å². The van der Waals surface area contributed by atoms with Crippen molar-refractivity contribution in [1.82, 2.24) is 15.5 Å². The fourth-order valence-corrected chi connectivity index (χ4v) is 12.0. The molecule has 11 atom stereocenters. The second kappa shape index (κ2) is 17.5. The first-order valence-electron chi connectivity index (χ1n) is 22.8. The molecule has 0 spiro atoms. The minimum atomic E-state index is -1.47. The van der Waals surface area contributed by atoms with E-state index >= 15 is 0 Å². The van der Waals surface area contributed by atoms with Gasteiger partial charge in [-0.3, -0.25) is 33.7 Å². The third-order valence-corrected chi connectivity index (χ3v) is 15.7. The summed E-state index contributed by atoms with van der Waals surface area (Å²) in [6.45, 7) is 14.8. The lowest BCUT2D eigenvalue weighted by Crippen LogP contribution is -2.66. The molecular weight excluding hydrogens is 845 g/mol. The predicted molar refractivity (Wildman–Crippen MR) is 242 cm³/mol. The fourth-order valence-electron chi connectivity index (χ4n) is 12.0. The van der Waals surface area contributed by atoms with Crippen molar-refractivity contribution in [2.45, 2.75) is 110 Å². The number of aliphatic hydroxyl groups is 2. The van der Waals surface area contributed by atoms with Gasteiger partial charge in [-0.1, -0.05) is 77.1 Å². The standard InChI is InChI=1S/C51H60N4O11/c1-28(2)44(54-40(59)21-23-55-41(60)18-19-42(55)61)46(63)52-30(4)45(62)53-33-11-15-35(16-12-33)64-34-13-8-31(9-14-34)47-65-39-26-49(6)36-17-10-32-24-29(3)20-22-48(32,5)43(36)37(57)25-50(49,7)51(39,66-47)38(58)27-56/h8-9,11-16,18-20,22,24,28,30,36-37,39,43-44,47,56-57H,3,10,17,21,23,25-27H2,1-2,4-7H3,(H,52,63)(H,53,62)(H,54,59)/t30-,36+,37-,39+,43+,44-,47+,48-,49-,50-,51+/m0/s1. The van der Waals surface area contributed by atoms with Crippen LogP contribution in [0.15, 0.2) is 96.6 Å². The number of fused-ring (bicyclic) bond motifs is 7. The average molecular weight is 905 g/mol. The zero-order valence-electron chi connectivity index (χ0n) is 38.3. The van der Waals surface area contributed by atoms with Gasteiger partial charge in [-0.05, 0) is 91.8 Å². The Bertz CT molecular complexity index is 2410. The van der Waals surface area contributed by atoms with E-state index in [-0.39, 0.29) is 36.1 Å². The molecule has 15 nitrogen and oxygen atoms in total. The number of aliphatic hydroxyl groups excluding tert-OH is 2. The van der Waals surface area contributed by atoms with Crippen molar-refractivity contribution in [2.24, 2.45) is 34.0 Å². The van der Waals surface area contributed by atoms with Crippen LogP contribution in [0, 0.1) is 34.0 Å². The van der Waals surface area contributed by atoms with E-state index in [0.717, 1.165) is 35.5 Å². The lowest BCUT2D eigenvalue weighted by molar-refractivity contribution is -0.225. The third-order valence-electron chi connectivity index (χ3n) is 15.7. The van der Waals surface area contributed by atoms with Crippen molar-refractivity contribution in [3.05, 3.63) is 102 Å². The van der Waals surface area contributed by atoms with Crippen molar-refractivity contribution in [2.75, 3.05) is 18.5 Å². The van der Waals surface area contributed by atoms with E-state index < -0.39 is 88.9 Å². The van der Waals surface area contributed by atoms with Crippen LogP contribution in [0.2, 0.25) is 0 Å². The van der Waals surface area contributed by atoms with Gasteiger partial charge in [-0.25, -0.2) is 0 Å². The minimum Gasteiger partial charge on any atom is -0.457 e. The van der Waals surface area contributed by atoms with Crippen LogP contribution in [-0.4, -0.2) is 93.5 Å². The molecule has 5 N–H and O–H groups in total. The highest BCUT2D eigenvalue weighted by molar-refractivity contribution is 6.13. The number of carbonyl (C=O) groups excluding carboxylic acids is 6. The summed E-state index contributed by atoms with van der Waals surface area (Å²) >= 11 is 0. The van der Waals surface area contributed by atoms with E-state index in [1.165, 1.54) is 12.5 Å². The monoisotopic (exact) mass is 904 g/mol. The number of nitrogens with one attached hydrogen (secondary N) is 3. The first kappa shape index (κ1) is 46.8. The summed E-state index contributed by atoms with van der Waals surface area (Å²) in [5, 5.41) is 30.6. The quantitative estimate of drug-likeness (QED) is 0.153. The number of ether oxygens (including phenoxy) is 3. The summed E-state index contributed by atoms with van der Waals surface area (Å²) in [7, 11) is 0. The van der Waals surface area contributed by atoms with Crippen LogP contribution in [0.4, 0.5) is 5.69 Å². The van der Waals surface area contributed by atoms with Crippen LogP contribution >= 0.6 is 0 Å². The Morgan fingerprint density at radius 3 is 2.20 bits per heavy atom. The number of hydrogen-bond donors (Lipinski definition) is 5. The SMILES string of the molecule is C=C1C=C[C@@]2(C)C(=C1)CC[C@@H]1[C@@H]2[C@@H](O)C[C@@]2(C)[C@@]1(C)C[C@H]1O[C@@H](c3ccc(Oc4ccc(NC(=O)[C@H](C)NC(=O)[C@@H](NC(=O)CCN5C(=O)C=CC5=O)C(C)C)cc4)cc3)O[C@]12C(=O)CO. The van der Waals surface area contributed by atoms with Gasteiger partial charge in [0, 0.05) is 53.1 Å². The van der Waals surface area contributed by atoms with E-state index in [2.05, 4.69) is 48.5 Å². The van der Waals surface area contributed by atoms with Gasteiger partial charge in [-0.2, -0.15) is 0 Å². The number of allylic oxidation sites excluding steroid dienone is 5. The second-order valence-electron chi connectivity index (χ2n) is 19.8. The van der Waals surface area contributed by atoms with E-state index in [1.807, 2.05) is 13.0 Å². The third kappa shape index (κ3) is 7.82. The molecule has 0 aromatic heterocycles. The molecule has 4 aliphatic carbocycles. The highest BCUT2D eigenvalue weighted by Gasteiger charge is 2.80. The Morgan fingerprint density at radius 1 is 0.909 bits per heavy atom. The zero-order chi connectivity index (χ0) is 47.5. The van der Waals surface area contributed by atoms with Gasteiger partial charge in [0.05, 0.1) is 12.2 Å². The molecule has 8 rings (SSSR count). The maximum Gasteiger partial charge on any atom is 0.253 e. The van der Waals surface area contributed by atoms with E-state index in [0.29, 0.717) is 35.6 Å². The summed E-state index contributed by atoms with van der Waals surface area (Å²) in [5.74, 6) is -2.33. The zero-order valence-corrected chi connectivity index (χ0v) is 38.3. The molecule has 66 heavy (non-hydrogen) atoms. The summed E-state index contributed by atoms with van der Waals surface area (Å²) in [4.78, 5) is 77.5. The van der Waals surface area contributed by atoms with Gasteiger partial charge in [-0.15, -0.1) is 0 Å². The van der Waals surface area contributed by atoms with Crippen LogP contribution in [0.3, 0.4) is 0 Å². The van der Waals surface area contributed by atoms with Crippen molar-refractivity contribution < 1.29 is 53.2 Å². The number of rotatable bonds is 14. The van der Waals surface area contributed by atoms with Crippen LogP contribution in [0.25, 0.3) is 0 Å². The number of amides is 5. The molecule has 5 amide bonds. The fraction of sp³-hybridized carbons (Fsp3) is 0.490. The van der Waals surface area contributed by atoms with Gasteiger partial charge in [0.2, 0.25) is 17.7 Å². The van der Waals surface area contributed by atoms with Gasteiger partial charge >= 0.3 is 0 Å². The van der Waals surface area contributed by atoms with Gasteiger partial charge < -0.3 is 40.4 Å². The van der Waals surface area contributed by atoms with Gasteiger partial charge in [0.25, 0.3) is 11.8 Å². The minimum absolute atomic E-state index is 0.0606. The smallest absolute Gasteiger partial charge is 0.253 e. The molecular formula is C51H60N4O11. The number of benzene rings is 2. The topological polar surface area (TPSA) is 210 Å². The molecule has 0 unspecified atom stereocenters. The molecule has 3 saturated carbocycles. The number of ketones is 1. The molecule has 2 aromatic rings.